The number of amidine groups is 1. The Hall–Kier alpha value is -4.02. The van der Waals surface area contributed by atoms with Gasteiger partial charge in [-0.15, -0.1) is 10.2 Å². The minimum absolute atomic E-state index is 0.265. The molecule has 10 heteroatoms. The first-order valence-corrected chi connectivity index (χ1v) is 10.8. The van der Waals surface area contributed by atoms with Crippen LogP contribution < -0.4 is 15.9 Å². The third-order valence-corrected chi connectivity index (χ3v) is 5.46. The number of ether oxygens (including phenoxy) is 2. The van der Waals surface area contributed by atoms with E-state index < -0.39 is 18.0 Å². The number of aromatic nitrogens is 1. The maximum atomic E-state index is 15.0. The average Bonchev–Trinajstić information content (AvgIpc) is 3.45. The van der Waals surface area contributed by atoms with Crippen LogP contribution in [-0.2, 0) is 16.1 Å². The lowest BCUT2D eigenvalue weighted by Crippen LogP contribution is -2.37. The summed E-state index contributed by atoms with van der Waals surface area (Å²) in [6.07, 6.45) is 0.645. The lowest BCUT2D eigenvalue weighted by molar-refractivity contribution is 0.0381. The van der Waals surface area contributed by atoms with Crippen LogP contribution in [0.1, 0.15) is 11.3 Å². The fourth-order valence-corrected chi connectivity index (χ4v) is 3.75. The van der Waals surface area contributed by atoms with E-state index >= 15 is 0 Å². The zero-order valence-corrected chi connectivity index (χ0v) is 18.4. The monoisotopic (exact) mass is 462 g/mol. The van der Waals surface area contributed by atoms with Crippen molar-refractivity contribution in [3.05, 3.63) is 83.9 Å². The predicted molar refractivity (Wildman–Crippen MR) is 124 cm³/mol. The third-order valence-electron chi connectivity index (χ3n) is 5.46. The number of nitrogens with zero attached hydrogens (tertiary/aromatic N) is 4. The highest BCUT2D eigenvalue weighted by Crippen LogP contribution is 2.29. The molecule has 34 heavy (non-hydrogen) atoms. The number of hydrogen-bond donors (Lipinski definition) is 2. The normalized spacial score (nSPS) is 17.8. The second-order valence-corrected chi connectivity index (χ2v) is 7.94. The van der Waals surface area contributed by atoms with E-state index in [4.69, 9.17) is 9.47 Å². The van der Waals surface area contributed by atoms with Crippen LogP contribution in [0.2, 0.25) is 0 Å². The van der Waals surface area contributed by atoms with Crippen molar-refractivity contribution in [2.75, 3.05) is 25.1 Å². The van der Waals surface area contributed by atoms with E-state index in [-0.39, 0.29) is 6.61 Å². The molecule has 0 spiro atoms. The smallest absolute Gasteiger partial charge is 0.414 e. The number of carbonyl (C=O) groups is 1. The molecule has 0 unspecified atom stereocenters. The number of hydrazone groups is 1. The number of halogens is 1. The topological polar surface area (TPSA) is 91.3 Å². The molecule has 2 aromatic carbocycles. The number of anilines is 1. The van der Waals surface area contributed by atoms with Gasteiger partial charge in [0, 0.05) is 24.4 Å². The molecule has 0 bridgehead atoms. The van der Waals surface area contributed by atoms with E-state index in [0.717, 1.165) is 5.56 Å². The van der Waals surface area contributed by atoms with E-state index in [1.807, 2.05) is 30.3 Å². The molecule has 5 rings (SSSR count). The fourth-order valence-electron chi connectivity index (χ4n) is 3.75. The Morgan fingerprint density at radius 1 is 1.18 bits per heavy atom. The van der Waals surface area contributed by atoms with Crippen LogP contribution in [0.3, 0.4) is 0 Å². The highest BCUT2D eigenvalue weighted by atomic mass is 19.1. The van der Waals surface area contributed by atoms with Crippen molar-refractivity contribution in [3.63, 3.8) is 0 Å². The van der Waals surface area contributed by atoms with Gasteiger partial charge in [-0.05, 0) is 29.8 Å². The van der Waals surface area contributed by atoms with Crippen LogP contribution in [0, 0.1) is 5.82 Å². The van der Waals surface area contributed by atoms with Crippen LogP contribution in [-0.4, -0.2) is 48.3 Å². The number of carbonyl (C=O) groups excluding carboxylic acids is 1. The molecule has 3 aromatic rings. The lowest BCUT2D eigenvalue weighted by atomic mass is 10.1. The molecule has 0 saturated carbocycles. The molecule has 1 aromatic heterocycles. The molecule has 1 amide bonds. The number of nitrogens with one attached hydrogen (secondary N) is 2. The molecule has 0 aliphatic carbocycles. The minimum Gasteiger partial charge on any atom is -0.441 e. The average molecular weight is 462 g/mol. The summed E-state index contributed by atoms with van der Waals surface area (Å²) in [7, 11) is 1.78. The lowest BCUT2D eigenvalue weighted by Gasteiger charge is -2.14. The minimum atomic E-state index is -0.519. The Bertz CT molecular complexity index is 1210. The summed E-state index contributed by atoms with van der Waals surface area (Å²) < 4.78 is 26.1. The molecule has 1 atom stereocenters. The first kappa shape index (κ1) is 21.8. The fraction of sp³-hybridized carbons (Fsp3) is 0.208. The second-order valence-electron chi connectivity index (χ2n) is 7.94. The van der Waals surface area contributed by atoms with Crippen molar-refractivity contribution in [1.29, 1.82) is 0 Å². The Balaban J connectivity index is 1.22. The zero-order chi connectivity index (χ0) is 23.5. The summed E-state index contributed by atoms with van der Waals surface area (Å²) in [6, 6.07) is 17.9. The maximum absolute atomic E-state index is 15.0. The Labute approximate surface area is 195 Å². The number of benzene rings is 2. The van der Waals surface area contributed by atoms with Crippen molar-refractivity contribution in [2.24, 2.45) is 5.10 Å². The summed E-state index contributed by atoms with van der Waals surface area (Å²) in [5.41, 5.74) is 8.82. The quantitative estimate of drug-likeness (QED) is 0.558. The molecule has 174 valence electrons. The van der Waals surface area contributed by atoms with Gasteiger partial charge in [-0.2, -0.15) is 0 Å². The number of cyclic esters (lactones) is 1. The van der Waals surface area contributed by atoms with Gasteiger partial charge in [-0.3, -0.25) is 15.3 Å². The second kappa shape index (κ2) is 9.46. The largest absolute Gasteiger partial charge is 0.441 e. The summed E-state index contributed by atoms with van der Waals surface area (Å²) >= 11 is 0. The number of pyridine rings is 1. The Morgan fingerprint density at radius 3 is 2.74 bits per heavy atom. The van der Waals surface area contributed by atoms with Crippen molar-refractivity contribution in [2.45, 2.75) is 12.7 Å². The third kappa shape index (κ3) is 4.68. The van der Waals surface area contributed by atoms with E-state index in [9.17, 15) is 9.18 Å². The van der Waals surface area contributed by atoms with Gasteiger partial charge in [0.05, 0.1) is 25.4 Å². The van der Waals surface area contributed by atoms with Gasteiger partial charge in [0.15, 0.2) is 5.84 Å². The van der Waals surface area contributed by atoms with Crippen molar-refractivity contribution < 1.29 is 18.7 Å². The van der Waals surface area contributed by atoms with Gasteiger partial charge in [0.25, 0.3) is 0 Å². The van der Waals surface area contributed by atoms with E-state index in [2.05, 4.69) is 21.0 Å². The van der Waals surface area contributed by atoms with Gasteiger partial charge in [0.2, 0.25) is 0 Å². The summed E-state index contributed by atoms with van der Waals surface area (Å²) in [4.78, 5) is 18.1. The molecule has 1 fully saturated rings. The molecule has 3 heterocycles. The van der Waals surface area contributed by atoms with Gasteiger partial charge >= 0.3 is 6.09 Å². The molecule has 9 nitrogen and oxygen atoms in total. The number of hydrazine groups is 2. The van der Waals surface area contributed by atoms with Crippen molar-refractivity contribution in [1.82, 2.24) is 21.1 Å². The van der Waals surface area contributed by atoms with Crippen LogP contribution in [0.25, 0.3) is 11.1 Å². The predicted octanol–water partition coefficient (Wildman–Crippen LogP) is 3.05. The molecule has 1 saturated heterocycles. The van der Waals surface area contributed by atoms with E-state index in [0.29, 0.717) is 41.5 Å². The molecule has 2 aliphatic rings. The van der Waals surface area contributed by atoms with Crippen molar-refractivity contribution in [3.8, 4) is 11.1 Å². The number of rotatable bonds is 7. The van der Waals surface area contributed by atoms with Gasteiger partial charge in [0.1, 0.15) is 17.6 Å². The molecular weight excluding hydrogens is 439 g/mol. The van der Waals surface area contributed by atoms with E-state index in [1.54, 1.807) is 42.6 Å². The Morgan fingerprint density at radius 2 is 2.03 bits per heavy atom. The summed E-state index contributed by atoms with van der Waals surface area (Å²) in [5.74, 6) is 0.112. The number of hydrogen-bond acceptors (Lipinski definition) is 8. The van der Waals surface area contributed by atoms with Crippen molar-refractivity contribution >= 4 is 17.6 Å². The van der Waals surface area contributed by atoms with Crippen LogP contribution in [0.5, 0.6) is 0 Å². The summed E-state index contributed by atoms with van der Waals surface area (Å²) in [6.45, 7) is 0.989. The van der Waals surface area contributed by atoms with Crippen LogP contribution in [0.4, 0.5) is 14.9 Å². The maximum Gasteiger partial charge on any atom is 0.414 e. The van der Waals surface area contributed by atoms with Gasteiger partial charge < -0.3 is 9.47 Å². The first-order valence-electron chi connectivity index (χ1n) is 10.8. The molecular formula is C24H23FN6O3. The summed E-state index contributed by atoms with van der Waals surface area (Å²) in [5, 5.41) is 5.69. The van der Waals surface area contributed by atoms with Crippen LogP contribution >= 0.6 is 0 Å². The highest BCUT2D eigenvalue weighted by molar-refractivity contribution is 5.97. The number of amides is 1. The molecule has 2 aliphatic heterocycles. The SMILES string of the molecule is CN1NN=C(c2ccc(-c3ccc(N4C[C@H](COCc5ccccc5)OC4=O)cc3F)cn2)N1. The zero-order valence-electron chi connectivity index (χ0n) is 18.4. The first-order chi connectivity index (χ1) is 16.6. The Kier molecular flexibility index (Phi) is 6.07. The molecule has 0 radical (unpaired) electrons. The van der Waals surface area contributed by atoms with Crippen LogP contribution in [0.15, 0.2) is 72.0 Å². The van der Waals surface area contributed by atoms with E-state index in [1.165, 1.54) is 11.0 Å². The highest BCUT2D eigenvalue weighted by Gasteiger charge is 2.33. The molecule has 2 N–H and O–H groups in total. The van der Waals surface area contributed by atoms with Gasteiger partial charge in [-0.25, -0.2) is 14.7 Å². The standard InChI is InChI=1S/C24H23FN6O3/c1-30-28-23(27-29-30)22-10-7-17(12-26-22)20-9-8-18(11-21(20)25)31-13-19(34-24(31)32)15-33-14-16-5-3-2-4-6-16/h2-12,19,29H,13-15H2,1H3,(H,27,28)/t19-/m1/s1. The van der Waals surface area contributed by atoms with Gasteiger partial charge in [-0.1, -0.05) is 36.4 Å².